The summed E-state index contributed by atoms with van der Waals surface area (Å²) in [6, 6.07) is 5.95. The molecule has 0 radical (unpaired) electrons. The lowest BCUT2D eigenvalue weighted by molar-refractivity contribution is 0.448. The van der Waals surface area contributed by atoms with Crippen LogP contribution in [0.1, 0.15) is 63.0 Å². The Bertz CT molecular complexity index is 317. The number of unbranched alkanes of at least 4 members (excludes halogenated alkanes) is 1. The van der Waals surface area contributed by atoms with Crippen molar-refractivity contribution >= 4 is 0 Å². The van der Waals surface area contributed by atoms with Crippen LogP contribution in [-0.4, -0.2) is 5.11 Å². The highest BCUT2D eigenvalue weighted by Crippen LogP contribution is 2.33. The lowest BCUT2D eigenvalue weighted by Crippen LogP contribution is -1.99. The van der Waals surface area contributed by atoms with E-state index in [1.807, 2.05) is 12.1 Å². The van der Waals surface area contributed by atoms with E-state index in [2.05, 4.69) is 26.8 Å². The molecule has 0 bridgehead atoms. The first kappa shape index (κ1) is 13.1. The third-order valence-electron chi connectivity index (χ3n) is 3.17. The number of phenols is 1. The van der Waals surface area contributed by atoms with E-state index in [0.717, 1.165) is 5.56 Å². The van der Waals surface area contributed by atoms with Crippen molar-refractivity contribution in [1.29, 1.82) is 0 Å². The summed E-state index contributed by atoms with van der Waals surface area (Å²) in [6.45, 7) is 6.52. The maximum absolute atomic E-state index is 9.93. The van der Waals surface area contributed by atoms with Crippen molar-refractivity contribution in [3.63, 3.8) is 0 Å². The van der Waals surface area contributed by atoms with Crippen molar-refractivity contribution < 1.29 is 5.11 Å². The van der Waals surface area contributed by atoms with Gasteiger partial charge in [-0.15, -0.1) is 0 Å². The highest BCUT2D eigenvalue weighted by molar-refractivity contribution is 5.38. The number of phenolic OH excluding ortho intramolecular Hbond substituents is 1. The molecule has 0 spiro atoms. The van der Waals surface area contributed by atoms with Crippen LogP contribution in [0.15, 0.2) is 18.2 Å². The average molecular weight is 220 g/mol. The second kappa shape index (κ2) is 6.57. The second-order valence-corrected chi connectivity index (χ2v) is 4.69. The molecule has 1 unspecified atom stereocenters. The third kappa shape index (κ3) is 3.55. The van der Waals surface area contributed by atoms with E-state index >= 15 is 0 Å². The molecule has 0 saturated carbocycles. The number of hydrogen-bond donors (Lipinski definition) is 1. The van der Waals surface area contributed by atoms with Gasteiger partial charge in [0.05, 0.1) is 0 Å². The zero-order valence-electron chi connectivity index (χ0n) is 10.8. The van der Waals surface area contributed by atoms with E-state index in [9.17, 15) is 5.11 Å². The lowest BCUT2D eigenvalue weighted by Gasteiger charge is -2.18. The highest BCUT2D eigenvalue weighted by Gasteiger charge is 2.14. The van der Waals surface area contributed by atoms with E-state index in [4.69, 9.17) is 0 Å². The summed E-state index contributed by atoms with van der Waals surface area (Å²) in [7, 11) is 0. The zero-order valence-corrected chi connectivity index (χ0v) is 10.8. The Balaban J connectivity index is 2.85. The van der Waals surface area contributed by atoms with Crippen LogP contribution in [0, 0.1) is 6.92 Å². The van der Waals surface area contributed by atoms with Gasteiger partial charge < -0.3 is 5.11 Å². The minimum Gasteiger partial charge on any atom is -0.508 e. The van der Waals surface area contributed by atoms with Gasteiger partial charge in [0, 0.05) is 0 Å². The monoisotopic (exact) mass is 220 g/mol. The maximum atomic E-state index is 9.93. The summed E-state index contributed by atoms with van der Waals surface area (Å²) in [5, 5.41) is 9.93. The molecule has 1 rings (SSSR count). The first-order chi connectivity index (χ1) is 7.69. The van der Waals surface area contributed by atoms with Gasteiger partial charge in [-0.2, -0.15) is 0 Å². The molecule has 0 aliphatic heterocycles. The molecule has 1 atom stereocenters. The van der Waals surface area contributed by atoms with Gasteiger partial charge in [-0.05, 0) is 37.3 Å². The number of benzene rings is 1. The molecule has 1 nitrogen and oxygen atoms in total. The van der Waals surface area contributed by atoms with Gasteiger partial charge in [-0.25, -0.2) is 0 Å². The van der Waals surface area contributed by atoms with Crippen LogP contribution in [0.25, 0.3) is 0 Å². The van der Waals surface area contributed by atoms with Crippen molar-refractivity contribution in [3.8, 4) is 5.75 Å². The normalized spacial score (nSPS) is 12.7. The first-order valence-electron chi connectivity index (χ1n) is 6.48. The molecule has 0 aliphatic rings. The summed E-state index contributed by atoms with van der Waals surface area (Å²) in [4.78, 5) is 0. The maximum Gasteiger partial charge on any atom is 0.119 e. The molecular weight excluding hydrogens is 196 g/mol. The topological polar surface area (TPSA) is 20.2 Å². The molecule has 1 N–H and O–H groups in total. The van der Waals surface area contributed by atoms with Gasteiger partial charge in [0.25, 0.3) is 0 Å². The van der Waals surface area contributed by atoms with E-state index in [1.54, 1.807) is 0 Å². The van der Waals surface area contributed by atoms with Gasteiger partial charge in [0.1, 0.15) is 5.75 Å². The van der Waals surface area contributed by atoms with E-state index in [1.165, 1.54) is 37.7 Å². The van der Waals surface area contributed by atoms with Crippen LogP contribution in [0.3, 0.4) is 0 Å². The van der Waals surface area contributed by atoms with Crippen molar-refractivity contribution in [2.45, 2.75) is 58.8 Å². The summed E-state index contributed by atoms with van der Waals surface area (Å²) >= 11 is 0. The van der Waals surface area contributed by atoms with Gasteiger partial charge in [-0.3, -0.25) is 0 Å². The molecular formula is C15H24O. The van der Waals surface area contributed by atoms with E-state index in [0.29, 0.717) is 11.7 Å². The van der Waals surface area contributed by atoms with Crippen molar-refractivity contribution in [2.75, 3.05) is 0 Å². The van der Waals surface area contributed by atoms with Gasteiger partial charge in [-0.1, -0.05) is 50.8 Å². The van der Waals surface area contributed by atoms with Crippen LogP contribution in [0.5, 0.6) is 5.75 Å². The van der Waals surface area contributed by atoms with E-state index < -0.39 is 0 Å². The number of aromatic hydroxyl groups is 1. The Labute approximate surface area is 99.5 Å². The summed E-state index contributed by atoms with van der Waals surface area (Å²) in [5.41, 5.74) is 2.39. The fourth-order valence-corrected chi connectivity index (χ4v) is 2.26. The fourth-order valence-electron chi connectivity index (χ4n) is 2.26. The Morgan fingerprint density at radius 1 is 1.12 bits per heavy atom. The molecule has 1 heteroatoms. The zero-order chi connectivity index (χ0) is 12.0. The molecule has 0 aliphatic carbocycles. The first-order valence-corrected chi connectivity index (χ1v) is 6.48. The molecule has 0 aromatic heterocycles. The van der Waals surface area contributed by atoms with Crippen LogP contribution in [0.2, 0.25) is 0 Å². The summed E-state index contributed by atoms with van der Waals surface area (Å²) < 4.78 is 0. The van der Waals surface area contributed by atoms with Crippen molar-refractivity contribution in [1.82, 2.24) is 0 Å². The highest BCUT2D eigenvalue weighted by atomic mass is 16.3. The van der Waals surface area contributed by atoms with Crippen LogP contribution < -0.4 is 0 Å². The van der Waals surface area contributed by atoms with Crippen molar-refractivity contribution in [2.24, 2.45) is 0 Å². The molecule has 1 aromatic rings. The molecule has 90 valence electrons. The third-order valence-corrected chi connectivity index (χ3v) is 3.17. The van der Waals surface area contributed by atoms with Crippen LogP contribution in [-0.2, 0) is 0 Å². The summed E-state index contributed by atoms with van der Waals surface area (Å²) in [5.74, 6) is 1.00. The number of aryl methyl sites for hydroxylation is 1. The van der Waals surface area contributed by atoms with E-state index in [-0.39, 0.29) is 0 Å². The quantitative estimate of drug-likeness (QED) is 0.731. The molecule has 0 heterocycles. The second-order valence-electron chi connectivity index (χ2n) is 4.69. The minimum absolute atomic E-state index is 0.472. The Kier molecular flexibility index (Phi) is 5.37. The average Bonchev–Trinajstić information content (AvgIpc) is 2.28. The Hall–Kier alpha value is -0.980. The molecule has 0 fully saturated rings. The molecule has 0 amide bonds. The lowest BCUT2D eigenvalue weighted by atomic mass is 9.88. The van der Waals surface area contributed by atoms with Gasteiger partial charge in [0.2, 0.25) is 0 Å². The molecule has 1 aromatic carbocycles. The Morgan fingerprint density at radius 2 is 1.88 bits per heavy atom. The summed E-state index contributed by atoms with van der Waals surface area (Å²) in [6.07, 6.45) is 6.03. The molecule has 0 saturated heterocycles. The van der Waals surface area contributed by atoms with Gasteiger partial charge >= 0.3 is 0 Å². The standard InChI is InChI=1S/C15H24O/c1-4-6-8-13(7-5-2)14-11-12(3)9-10-15(14)16/h9-11,13,16H,4-8H2,1-3H3. The predicted octanol–water partition coefficient (Wildman–Crippen LogP) is 4.77. The largest absolute Gasteiger partial charge is 0.508 e. The fraction of sp³-hybridized carbons (Fsp3) is 0.600. The van der Waals surface area contributed by atoms with Crippen LogP contribution >= 0.6 is 0 Å². The Morgan fingerprint density at radius 3 is 2.50 bits per heavy atom. The predicted molar refractivity (Wildman–Crippen MR) is 70.0 cm³/mol. The number of hydrogen-bond acceptors (Lipinski definition) is 1. The van der Waals surface area contributed by atoms with Crippen LogP contribution in [0.4, 0.5) is 0 Å². The minimum atomic E-state index is 0.472. The molecule has 16 heavy (non-hydrogen) atoms. The smallest absolute Gasteiger partial charge is 0.119 e. The SMILES string of the molecule is CCCCC(CCC)c1cc(C)ccc1O. The van der Waals surface area contributed by atoms with Gasteiger partial charge in [0.15, 0.2) is 0 Å². The number of rotatable bonds is 6. The van der Waals surface area contributed by atoms with Crippen molar-refractivity contribution in [3.05, 3.63) is 29.3 Å².